The minimum Gasteiger partial charge on any atom is -0.296 e. The van der Waals surface area contributed by atoms with Crippen LogP contribution >= 0.6 is 0 Å². The first kappa shape index (κ1) is 17.1. The van der Waals surface area contributed by atoms with E-state index in [0.717, 1.165) is 38.2 Å². The molecule has 1 aromatic carbocycles. The summed E-state index contributed by atoms with van der Waals surface area (Å²) in [6.45, 7) is 5.19. The minimum atomic E-state index is -0.0835. The van der Waals surface area contributed by atoms with Gasteiger partial charge in [-0.3, -0.25) is 19.2 Å². The highest BCUT2D eigenvalue weighted by atomic mass is 16.2. The van der Waals surface area contributed by atoms with E-state index < -0.39 is 0 Å². The standard InChI is InChI=1S/C21H22N6O/c28-21-26-10-2-1-8-19(26)23-27(21)16-25-13-11-24(12-14-25)15-18-6-3-5-17-7-4-9-22-20(17)18/h1-10H,11-16H2. The number of para-hydroxylation sites is 1. The molecule has 7 heteroatoms. The third-order valence-corrected chi connectivity index (χ3v) is 5.40. The van der Waals surface area contributed by atoms with Gasteiger partial charge in [0.1, 0.15) is 0 Å². The molecule has 1 fully saturated rings. The van der Waals surface area contributed by atoms with Crippen LogP contribution in [-0.2, 0) is 13.2 Å². The molecule has 0 N–H and O–H groups in total. The van der Waals surface area contributed by atoms with Crippen molar-refractivity contribution in [1.82, 2.24) is 29.0 Å². The van der Waals surface area contributed by atoms with Crippen LogP contribution in [0, 0.1) is 0 Å². The molecule has 0 saturated carbocycles. The van der Waals surface area contributed by atoms with Gasteiger partial charge in [-0.1, -0.05) is 30.3 Å². The van der Waals surface area contributed by atoms with Gasteiger partial charge in [-0.25, -0.2) is 4.79 Å². The van der Waals surface area contributed by atoms with Crippen LogP contribution in [0.2, 0.25) is 0 Å². The molecule has 0 amide bonds. The van der Waals surface area contributed by atoms with E-state index in [0.29, 0.717) is 12.3 Å². The fourth-order valence-electron chi connectivity index (χ4n) is 3.87. The van der Waals surface area contributed by atoms with E-state index in [4.69, 9.17) is 0 Å². The molecule has 4 aromatic rings. The predicted molar refractivity (Wildman–Crippen MR) is 108 cm³/mol. The SMILES string of the molecule is O=c1n(CN2CCN(Cc3cccc4cccnc34)CC2)nc2ccccn12. The molecule has 0 unspecified atom stereocenters. The van der Waals surface area contributed by atoms with Gasteiger partial charge in [-0.2, -0.15) is 4.68 Å². The quantitative estimate of drug-likeness (QED) is 0.545. The van der Waals surface area contributed by atoms with Crippen molar-refractivity contribution in [3.8, 4) is 0 Å². The Balaban J connectivity index is 1.25. The monoisotopic (exact) mass is 374 g/mol. The lowest BCUT2D eigenvalue weighted by atomic mass is 10.1. The van der Waals surface area contributed by atoms with Crippen LogP contribution in [-0.4, -0.2) is 55.1 Å². The molecule has 0 atom stereocenters. The fourth-order valence-corrected chi connectivity index (χ4v) is 3.87. The molecule has 5 rings (SSSR count). The second-order valence-corrected chi connectivity index (χ2v) is 7.24. The Labute approximate surface area is 162 Å². The van der Waals surface area contributed by atoms with Crippen LogP contribution in [0.4, 0.5) is 0 Å². The van der Waals surface area contributed by atoms with Gasteiger partial charge in [0.2, 0.25) is 0 Å². The van der Waals surface area contributed by atoms with Crippen LogP contribution in [0.5, 0.6) is 0 Å². The lowest BCUT2D eigenvalue weighted by molar-refractivity contribution is 0.0978. The largest absolute Gasteiger partial charge is 0.351 e. The number of hydrogen-bond acceptors (Lipinski definition) is 5. The molecule has 0 bridgehead atoms. The normalized spacial score (nSPS) is 16.1. The molecule has 0 radical (unpaired) electrons. The molecule has 0 spiro atoms. The fraction of sp³-hybridized carbons (Fsp3) is 0.286. The Morgan fingerprint density at radius 3 is 2.57 bits per heavy atom. The number of benzene rings is 1. The van der Waals surface area contributed by atoms with Gasteiger partial charge in [0.25, 0.3) is 0 Å². The third-order valence-electron chi connectivity index (χ3n) is 5.40. The number of aromatic nitrogens is 4. The van der Waals surface area contributed by atoms with Crippen molar-refractivity contribution in [3.05, 3.63) is 77.0 Å². The van der Waals surface area contributed by atoms with Crippen molar-refractivity contribution in [2.75, 3.05) is 26.2 Å². The summed E-state index contributed by atoms with van der Waals surface area (Å²) in [4.78, 5) is 21.7. The zero-order valence-electron chi connectivity index (χ0n) is 15.6. The van der Waals surface area contributed by atoms with Crippen molar-refractivity contribution in [2.24, 2.45) is 0 Å². The van der Waals surface area contributed by atoms with Gasteiger partial charge in [0.15, 0.2) is 5.65 Å². The average molecular weight is 374 g/mol. The topological polar surface area (TPSA) is 58.7 Å². The van der Waals surface area contributed by atoms with E-state index >= 15 is 0 Å². The zero-order chi connectivity index (χ0) is 18.9. The lowest BCUT2D eigenvalue weighted by Crippen LogP contribution is -2.47. The Morgan fingerprint density at radius 2 is 1.71 bits per heavy atom. The lowest BCUT2D eigenvalue weighted by Gasteiger charge is -2.34. The number of nitrogens with zero attached hydrogens (tertiary/aromatic N) is 6. The molecular formula is C21H22N6O. The molecule has 142 valence electrons. The van der Waals surface area contributed by atoms with Crippen LogP contribution < -0.4 is 5.69 Å². The van der Waals surface area contributed by atoms with E-state index in [1.165, 1.54) is 10.9 Å². The number of pyridine rings is 2. The first-order valence-corrected chi connectivity index (χ1v) is 9.59. The van der Waals surface area contributed by atoms with Crippen LogP contribution in [0.3, 0.4) is 0 Å². The van der Waals surface area contributed by atoms with E-state index in [2.05, 4.69) is 44.1 Å². The zero-order valence-corrected chi connectivity index (χ0v) is 15.6. The van der Waals surface area contributed by atoms with Crippen molar-refractivity contribution < 1.29 is 0 Å². The number of hydrogen-bond donors (Lipinski definition) is 0. The molecule has 1 aliphatic heterocycles. The predicted octanol–water partition coefficient (Wildman–Crippen LogP) is 1.82. The first-order chi connectivity index (χ1) is 13.8. The van der Waals surface area contributed by atoms with Crippen LogP contribution in [0.15, 0.2) is 65.7 Å². The highest BCUT2D eigenvalue weighted by Gasteiger charge is 2.19. The Bertz CT molecular complexity index is 1170. The highest BCUT2D eigenvalue weighted by molar-refractivity contribution is 5.81. The minimum absolute atomic E-state index is 0.0835. The molecule has 7 nitrogen and oxygen atoms in total. The van der Waals surface area contributed by atoms with Crippen LogP contribution in [0.25, 0.3) is 16.6 Å². The second kappa shape index (κ2) is 7.18. The summed E-state index contributed by atoms with van der Waals surface area (Å²) in [5, 5.41) is 5.62. The smallest absolute Gasteiger partial charge is 0.296 e. The van der Waals surface area contributed by atoms with E-state index in [-0.39, 0.29) is 5.69 Å². The molecule has 0 aliphatic carbocycles. The van der Waals surface area contributed by atoms with Gasteiger partial charge in [-0.15, -0.1) is 5.10 Å². The third kappa shape index (κ3) is 3.19. The maximum Gasteiger partial charge on any atom is 0.351 e. The summed E-state index contributed by atoms with van der Waals surface area (Å²) in [6, 6.07) is 16.1. The van der Waals surface area contributed by atoms with E-state index in [1.54, 1.807) is 15.3 Å². The van der Waals surface area contributed by atoms with Gasteiger partial charge >= 0.3 is 5.69 Å². The summed E-state index contributed by atoms with van der Waals surface area (Å²) in [6.07, 6.45) is 3.62. The van der Waals surface area contributed by atoms with Crippen molar-refractivity contribution >= 4 is 16.6 Å². The van der Waals surface area contributed by atoms with Crippen molar-refractivity contribution in [3.63, 3.8) is 0 Å². The van der Waals surface area contributed by atoms with Gasteiger partial charge < -0.3 is 0 Å². The summed E-state index contributed by atoms with van der Waals surface area (Å²) in [5.41, 5.74) is 2.96. The van der Waals surface area contributed by atoms with Crippen LogP contribution in [0.1, 0.15) is 5.56 Å². The summed E-state index contributed by atoms with van der Waals surface area (Å²) in [5.74, 6) is 0. The van der Waals surface area contributed by atoms with Crippen molar-refractivity contribution in [1.29, 1.82) is 0 Å². The summed E-state index contributed by atoms with van der Waals surface area (Å²) < 4.78 is 3.14. The summed E-state index contributed by atoms with van der Waals surface area (Å²) >= 11 is 0. The highest BCUT2D eigenvalue weighted by Crippen LogP contribution is 2.18. The Hall–Kier alpha value is -3.03. The van der Waals surface area contributed by atoms with Gasteiger partial charge in [0, 0.05) is 50.5 Å². The summed E-state index contributed by atoms with van der Waals surface area (Å²) in [7, 11) is 0. The maximum absolute atomic E-state index is 12.5. The molecule has 4 heterocycles. The molecule has 1 saturated heterocycles. The van der Waals surface area contributed by atoms with E-state index in [9.17, 15) is 4.79 Å². The van der Waals surface area contributed by atoms with Crippen molar-refractivity contribution in [2.45, 2.75) is 13.2 Å². The Kier molecular flexibility index (Phi) is 4.38. The first-order valence-electron chi connectivity index (χ1n) is 9.59. The van der Waals surface area contributed by atoms with E-state index in [1.807, 2.05) is 30.5 Å². The maximum atomic E-state index is 12.5. The second-order valence-electron chi connectivity index (χ2n) is 7.24. The molecular weight excluding hydrogens is 352 g/mol. The molecule has 1 aliphatic rings. The average Bonchev–Trinajstić information content (AvgIpc) is 3.05. The van der Waals surface area contributed by atoms with Gasteiger partial charge in [-0.05, 0) is 23.8 Å². The number of fused-ring (bicyclic) bond motifs is 2. The number of rotatable bonds is 4. The van der Waals surface area contributed by atoms with Gasteiger partial charge in [0.05, 0.1) is 12.2 Å². The Morgan fingerprint density at radius 1 is 0.893 bits per heavy atom. The number of piperazine rings is 1. The molecule has 28 heavy (non-hydrogen) atoms. The molecule has 3 aromatic heterocycles.